The molecule has 33 heavy (non-hydrogen) atoms. The van der Waals surface area contributed by atoms with E-state index in [1.54, 1.807) is 6.07 Å². The molecule has 3 aromatic rings. The van der Waals surface area contributed by atoms with E-state index in [1.807, 2.05) is 32.2 Å². The van der Waals surface area contributed by atoms with E-state index in [1.165, 1.54) is 35.3 Å². The fourth-order valence-corrected chi connectivity index (χ4v) is 5.52. The van der Waals surface area contributed by atoms with Crippen LogP contribution in [-0.4, -0.2) is 36.3 Å². The lowest BCUT2D eigenvalue weighted by atomic mass is 10.1. The number of aryl methyl sites for hydroxylation is 2. The van der Waals surface area contributed by atoms with Crippen molar-refractivity contribution < 1.29 is 18.3 Å². The molecule has 3 heterocycles. The Morgan fingerprint density at radius 3 is 2.67 bits per heavy atom. The van der Waals surface area contributed by atoms with Gasteiger partial charge in [0.2, 0.25) is 0 Å². The van der Waals surface area contributed by atoms with Gasteiger partial charge in [-0.05, 0) is 48.4 Å². The maximum Gasteiger partial charge on any atom is 0.281 e. The zero-order valence-electron chi connectivity index (χ0n) is 18.6. The van der Waals surface area contributed by atoms with Gasteiger partial charge in [0.05, 0.1) is 17.7 Å². The second-order valence-electron chi connectivity index (χ2n) is 8.12. The fraction of sp³-hybridized carbons (Fsp3) is 0.318. The number of rotatable bonds is 6. The van der Waals surface area contributed by atoms with Gasteiger partial charge in [-0.25, -0.2) is 18.1 Å². The maximum atomic E-state index is 13.3. The number of hydrogen-bond donors (Lipinski definition) is 2. The summed E-state index contributed by atoms with van der Waals surface area (Å²) in [6, 6.07) is 6.31. The predicted octanol–water partition coefficient (Wildman–Crippen LogP) is 3.41. The van der Waals surface area contributed by atoms with Gasteiger partial charge < -0.3 is 9.84 Å². The highest BCUT2D eigenvalue weighted by Gasteiger charge is 2.32. The number of hydrogen-bond acceptors (Lipinski definition) is 8. The first-order valence-electron chi connectivity index (χ1n) is 10.3. The molecule has 0 unspecified atom stereocenters. The average Bonchev–Trinajstić information content (AvgIpc) is 3.18. The summed E-state index contributed by atoms with van der Waals surface area (Å²) >= 11 is 1.37. The van der Waals surface area contributed by atoms with E-state index >= 15 is 0 Å². The number of nitrogens with zero attached hydrogens (tertiary/aromatic N) is 3. The number of methoxy groups -OCH3 is 1. The number of aromatic nitrogens is 2. The first kappa shape index (κ1) is 23.0. The van der Waals surface area contributed by atoms with Crippen LogP contribution in [0.1, 0.15) is 31.4 Å². The summed E-state index contributed by atoms with van der Waals surface area (Å²) in [6.45, 7) is 6.25. The molecule has 1 aliphatic heterocycles. The number of aromatic hydroxyl groups is 1. The van der Waals surface area contributed by atoms with Crippen LogP contribution < -0.4 is 15.0 Å². The number of ether oxygens (including phenoxy) is 1. The minimum Gasteiger partial charge on any atom is -0.505 e. The van der Waals surface area contributed by atoms with Crippen LogP contribution in [0.25, 0.3) is 10.6 Å². The van der Waals surface area contributed by atoms with Gasteiger partial charge in [-0.15, -0.1) is 11.3 Å². The monoisotopic (exact) mass is 488 g/mol. The third-order valence-electron chi connectivity index (χ3n) is 5.28. The normalized spacial score (nSPS) is 14.5. The Labute approximate surface area is 195 Å². The van der Waals surface area contributed by atoms with Gasteiger partial charge in [-0.3, -0.25) is 9.52 Å². The van der Waals surface area contributed by atoms with Gasteiger partial charge in [-0.1, -0.05) is 13.8 Å². The van der Waals surface area contributed by atoms with Gasteiger partial charge in [0, 0.05) is 12.6 Å². The van der Waals surface area contributed by atoms with E-state index in [0.717, 1.165) is 5.56 Å². The molecule has 9 nitrogen and oxygen atoms in total. The molecule has 0 saturated carbocycles. The molecule has 4 rings (SSSR count). The summed E-state index contributed by atoms with van der Waals surface area (Å²) in [5, 5.41) is 17.4. The van der Waals surface area contributed by atoms with Gasteiger partial charge in [-0.2, -0.15) is 5.10 Å². The Balaban J connectivity index is 1.96. The van der Waals surface area contributed by atoms with Gasteiger partial charge >= 0.3 is 0 Å². The van der Waals surface area contributed by atoms with Crippen molar-refractivity contribution in [2.75, 3.05) is 7.11 Å². The second-order valence-corrected chi connectivity index (χ2v) is 10.7. The zero-order chi connectivity index (χ0) is 23.9. The molecule has 174 valence electrons. The van der Waals surface area contributed by atoms with Crippen LogP contribution in [0.4, 0.5) is 5.69 Å². The summed E-state index contributed by atoms with van der Waals surface area (Å²) < 4.78 is 34.7. The minimum absolute atomic E-state index is 0.0754. The molecule has 11 heteroatoms. The van der Waals surface area contributed by atoms with Gasteiger partial charge in [0.15, 0.2) is 11.6 Å². The fourth-order valence-electron chi connectivity index (χ4n) is 3.44. The van der Waals surface area contributed by atoms with E-state index in [0.29, 0.717) is 29.5 Å². The smallest absolute Gasteiger partial charge is 0.281 e. The topological polar surface area (TPSA) is 123 Å². The average molecular weight is 489 g/mol. The van der Waals surface area contributed by atoms with Crippen LogP contribution in [-0.2, 0) is 16.6 Å². The van der Waals surface area contributed by atoms with E-state index in [-0.39, 0.29) is 27.7 Å². The number of fused-ring (bicyclic) bond motifs is 1. The van der Waals surface area contributed by atoms with Gasteiger partial charge in [0.1, 0.15) is 21.9 Å². The molecule has 0 saturated heterocycles. The number of sulfonamides is 1. The molecular formula is C22H24N4O5S2. The van der Waals surface area contributed by atoms with E-state index in [4.69, 9.17) is 4.74 Å². The van der Waals surface area contributed by atoms with Crippen molar-refractivity contribution in [1.82, 2.24) is 14.5 Å². The van der Waals surface area contributed by atoms with Crippen molar-refractivity contribution in [3.63, 3.8) is 0 Å². The molecule has 1 aromatic carbocycles. The summed E-state index contributed by atoms with van der Waals surface area (Å²) in [5.41, 5.74) is 0.378. The van der Waals surface area contributed by atoms with Crippen LogP contribution in [0.5, 0.6) is 11.5 Å². The second kappa shape index (κ2) is 8.64. The zero-order valence-corrected chi connectivity index (χ0v) is 20.2. The predicted molar refractivity (Wildman–Crippen MR) is 127 cm³/mol. The van der Waals surface area contributed by atoms with Crippen molar-refractivity contribution in [3.8, 4) is 22.1 Å². The third kappa shape index (κ3) is 4.25. The highest BCUT2D eigenvalue weighted by Crippen LogP contribution is 2.37. The quantitative estimate of drug-likeness (QED) is 0.548. The van der Waals surface area contributed by atoms with Crippen LogP contribution in [0.2, 0.25) is 0 Å². The number of thiophene rings is 1. The highest BCUT2D eigenvalue weighted by molar-refractivity contribution is 7.90. The Morgan fingerprint density at radius 1 is 1.27 bits per heavy atom. The highest BCUT2D eigenvalue weighted by atomic mass is 32.2. The molecule has 2 N–H and O–H groups in total. The lowest BCUT2D eigenvalue weighted by Crippen LogP contribution is -2.39. The SMILES string of the molecule is COc1ccc2c(c1)S(=O)(=O)NC(c1c(O)c(-c3sccc3C)nn(CCC(C)C)c1=O)=N2. The molecule has 0 fully saturated rings. The molecule has 0 aliphatic carbocycles. The van der Waals surface area contributed by atoms with Crippen molar-refractivity contribution in [2.45, 2.75) is 38.6 Å². The minimum atomic E-state index is -4.06. The molecule has 0 bridgehead atoms. The number of amidine groups is 1. The van der Waals surface area contributed by atoms with Crippen molar-refractivity contribution >= 4 is 32.9 Å². The summed E-state index contributed by atoms with van der Waals surface area (Å²) in [7, 11) is -2.62. The summed E-state index contributed by atoms with van der Waals surface area (Å²) in [6.07, 6.45) is 0.681. The molecule has 2 aromatic heterocycles. The first-order valence-corrected chi connectivity index (χ1v) is 12.7. The number of benzene rings is 1. The van der Waals surface area contributed by atoms with Crippen molar-refractivity contribution in [3.05, 3.63) is 51.1 Å². The maximum absolute atomic E-state index is 13.3. The summed E-state index contributed by atoms with van der Waals surface area (Å²) in [5.74, 6) is 0.0161. The summed E-state index contributed by atoms with van der Waals surface area (Å²) in [4.78, 5) is 18.3. The van der Waals surface area contributed by atoms with Crippen LogP contribution >= 0.6 is 11.3 Å². The first-order chi connectivity index (χ1) is 15.6. The van der Waals surface area contributed by atoms with E-state index in [2.05, 4.69) is 14.8 Å². The van der Waals surface area contributed by atoms with E-state index in [9.17, 15) is 18.3 Å². The largest absolute Gasteiger partial charge is 0.505 e. The Bertz CT molecular complexity index is 1420. The Hall–Kier alpha value is -3.18. The molecule has 0 radical (unpaired) electrons. The van der Waals surface area contributed by atoms with Gasteiger partial charge in [0.25, 0.3) is 15.6 Å². The van der Waals surface area contributed by atoms with E-state index < -0.39 is 21.3 Å². The van der Waals surface area contributed by atoms with Crippen LogP contribution in [0, 0.1) is 12.8 Å². The van der Waals surface area contributed by atoms with Crippen molar-refractivity contribution in [2.24, 2.45) is 10.9 Å². The molecule has 1 aliphatic rings. The Kier molecular flexibility index (Phi) is 6.02. The number of nitrogens with one attached hydrogen (secondary N) is 1. The molecule has 0 amide bonds. The molecule has 0 atom stereocenters. The lowest BCUT2D eigenvalue weighted by molar-refractivity contribution is 0.413. The van der Waals surface area contributed by atoms with Crippen LogP contribution in [0.3, 0.4) is 0 Å². The third-order valence-corrected chi connectivity index (χ3v) is 7.67. The molecular weight excluding hydrogens is 464 g/mol. The lowest BCUT2D eigenvalue weighted by Gasteiger charge is -2.20. The van der Waals surface area contributed by atoms with Crippen LogP contribution in [0.15, 0.2) is 44.3 Å². The standard InChI is InChI=1S/C22H24N4O5S2/c1-12(2)7-9-26-22(28)17(19(27)18(24-26)20-13(3)8-10-32-20)21-23-15-6-5-14(31-4)11-16(15)33(29,30)25-21/h5-6,8,10-12,27H,7,9H2,1-4H3,(H,23,25). The Morgan fingerprint density at radius 2 is 2.03 bits per heavy atom. The van der Waals surface area contributed by atoms with Crippen molar-refractivity contribution in [1.29, 1.82) is 0 Å². The number of aliphatic imine (C=N–C) groups is 1. The molecule has 0 spiro atoms.